The molecule has 4 atom stereocenters. The average molecular weight is 275 g/mol. The largest absolute Gasteiger partial charge is 0.306 e. The van der Waals surface area contributed by atoms with Crippen molar-refractivity contribution in [2.45, 2.75) is 63.5 Å². The minimum atomic E-state index is -0.200. The Morgan fingerprint density at radius 2 is 2.10 bits per heavy atom. The van der Waals surface area contributed by atoms with Gasteiger partial charge in [0.15, 0.2) is 0 Å². The van der Waals surface area contributed by atoms with Crippen molar-refractivity contribution in [3.8, 4) is 6.07 Å². The van der Waals surface area contributed by atoms with E-state index in [4.69, 9.17) is 0 Å². The predicted molar refractivity (Wildman–Crippen MR) is 81.2 cm³/mol. The molecule has 0 spiro atoms. The van der Waals surface area contributed by atoms with E-state index in [-0.39, 0.29) is 5.54 Å². The average Bonchev–Trinajstić information content (AvgIpc) is 3.31. The summed E-state index contributed by atoms with van der Waals surface area (Å²) in [5.74, 6) is 2.44. The second-order valence-electron chi connectivity index (χ2n) is 7.61. The lowest BCUT2D eigenvalue weighted by molar-refractivity contribution is 0.241. The standard InChI is InChI=1S/C17H29N3/c1-13-10-14(13)11-20(2)9-7-15-4-3-8-17(15,12-18)19-16-5-6-16/h13-16,19H,3-11H2,1-2H3. The molecule has 3 aliphatic rings. The van der Waals surface area contributed by atoms with Crippen molar-refractivity contribution >= 4 is 0 Å². The van der Waals surface area contributed by atoms with Crippen molar-refractivity contribution in [2.24, 2.45) is 17.8 Å². The molecular weight excluding hydrogens is 246 g/mol. The van der Waals surface area contributed by atoms with Gasteiger partial charge in [-0.05, 0) is 69.9 Å². The van der Waals surface area contributed by atoms with E-state index in [0.29, 0.717) is 12.0 Å². The van der Waals surface area contributed by atoms with Gasteiger partial charge >= 0.3 is 0 Å². The van der Waals surface area contributed by atoms with Crippen LogP contribution in [0.2, 0.25) is 0 Å². The molecule has 0 aromatic heterocycles. The molecule has 1 N–H and O–H groups in total. The molecule has 0 aromatic rings. The Kier molecular flexibility index (Phi) is 4.06. The lowest BCUT2D eigenvalue weighted by Crippen LogP contribution is -2.48. The summed E-state index contributed by atoms with van der Waals surface area (Å²) in [5.41, 5.74) is -0.200. The van der Waals surface area contributed by atoms with Crippen LogP contribution >= 0.6 is 0 Å². The molecule has 112 valence electrons. The molecule has 0 heterocycles. The van der Waals surface area contributed by atoms with Gasteiger partial charge in [-0.3, -0.25) is 5.32 Å². The summed E-state index contributed by atoms with van der Waals surface area (Å²) in [7, 11) is 2.25. The Morgan fingerprint density at radius 3 is 2.70 bits per heavy atom. The maximum absolute atomic E-state index is 9.69. The van der Waals surface area contributed by atoms with Gasteiger partial charge in [-0.25, -0.2) is 0 Å². The number of hydrogen-bond acceptors (Lipinski definition) is 3. The second kappa shape index (κ2) is 5.66. The zero-order chi connectivity index (χ0) is 14.2. The highest BCUT2D eigenvalue weighted by Gasteiger charge is 2.45. The van der Waals surface area contributed by atoms with Crippen molar-refractivity contribution < 1.29 is 0 Å². The third-order valence-electron chi connectivity index (χ3n) is 5.74. The molecule has 3 heteroatoms. The molecular formula is C17H29N3. The van der Waals surface area contributed by atoms with E-state index in [9.17, 15) is 5.26 Å². The van der Waals surface area contributed by atoms with Crippen LogP contribution in [0.15, 0.2) is 0 Å². The van der Waals surface area contributed by atoms with E-state index >= 15 is 0 Å². The highest BCUT2D eigenvalue weighted by Crippen LogP contribution is 2.41. The molecule has 3 saturated carbocycles. The maximum Gasteiger partial charge on any atom is 0.109 e. The van der Waals surface area contributed by atoms with E-state index in [2.05, 4.69) is 30.3 Å². The normalized spacial score (nSPS) is 40.0. The van der Waals surface area contributed by atoms with Crippen LogP contribution in [0.4, 0.5) is 0 Å². The summed E-state index contributed by atoms with van der Waals surface area (Å²) in [6, 6.07) is 3.29. The molecule has 0 bridgehead atoms. The van der Waals surface area contributed by atoms with Crippen LogP contribution in [0.3, 0.4) is 0 Å². The fourth-order valence-corrected chi connectivity index (χ4v) is 3.95. The number of rotatable bonds is 7. The van der Waals surface area contributed by atoms with Crippen LogP contribution in [0.5, 0.6) is 0 Å². The van der Waals surface area contributed by atoms with Crippen molar-refractivity contribution in [2.75, 3.05) is 20.1 Å². The first-order valence-electron chi connectivity index (χ1n) is 8.50. The number of nitrogens with one attached hydrogen (secondary N) is 1. The highest BCUT2D eigenvalue weighted by atomic mass is 15.1. The third kappa shape index (κ3) is 3.18. The quantitative estimate of drug-likeness (QED) is 0.776. The van der Waals surface area contributed by atoms with Gasteiger partial charge in [0.2, 0.25) is 0 Å². The number of nitriles is 1. The molecule has 3 fully saturated rings. The molecule has 20 heavy (non-hydrogen) atoms. The van der Waals surface area contributed by atoms with Crippen molar-refractivity contribution in [1.82, 2.24) is 10.2 Å². The SMILES string of the molecule is CC1CC1CN(C)CCC1CCCC1(C#N)NC1CC1. The summed E-state index contributed by atoms with van der Waals surface area (Å²) in [6.45, 7) is 4.77. The zero-order valence-electron chi connectivity index (χ0n) is 13.1. The summed E-state index contributed by atoms with van der Waals surface area (Å²) < 4.78 is 0. The third-order valence-corrected chi connectivity index (χ3v) is 5.74. The monoisotopic (exact) mass is 275 g/mol. The molecule has 4 unspecified atom stereocenters. The minimum Gasteiger partial charge on any atom is -0.306 e. The minimum absolute atomic E-state index is 0.200. The molecule has 0 saturated heterocycles. The van der Waals surface area contributed by atoms with Gasteiger partial charge in [0, 0.05) is 12.6 Å². The van der Waals surface area contributed by atoms with E-state index in [0.717, 1.165) is 24.8 Å². The summed E-state index contributed by atoms with van der Waals surface area (Å²) in [5, 5.41) is 13.4. The first-order valence-corrected chi connectivity index (χ1v) is 8.50. The molecule has 3 rings (SSSR count). The van der Waals surface area contributed by atoms with Crippen LogP contribution in [0, 0.1) is 29.1 Å². The van der Waals surface area contributed by atoms with Gasteiger partial charge in [0.05, 0.1) is 6.07 Å². The van der Waals surface area contributed by atoms with Crippen LogP contribution in [-0.4, -0.2) is 36.6 Å². The number of nitrogens with zero attached hydrogens (tertiary/aromatic N) is 2. The highest BCUT2D eigenvalue weighted by molar-refractivity contribution is 5.16. The van der Waals surface area contributed by atoms with Crippen LogP contribution < -0.4 is 5.32 Å². The first-order chi connectivity index (χ1) is 9.63. The van der Waals surface area contributed by atoms with Gasteiger partial charge < -0.3 is 4.90 Å². The van der Waals surface area contributed by atoms with Gasteiger partial charge in [0.25, 0.3) is 0 Å². The molecule has 0 amide bonds. The van der Waals surface area contributed by atoms with Crippen molar-refractivity contribution in [3.05, 3.63) is 0 Å². The van der Waals surface area contributed by atoms with E-state index < -0.39 is 0 Å². The molecule has 0 aromatic carbocycles. The van der Waals surface area contributed by atoms with Crippen molar-refractivity contribution in [1.29, 1.82) is 5.26 Å². The van der Waals surface area contributed by atoms with Crippen LogP contribution in [0.25, 0.3) is 0 Å². The molecule has 3 nitrogen and oxygen atoms in total. The molecule has 3 aliphatic carbocycles. The fraction of sp³-hybridized carbons (Fsp3) is 0.941. The van der Waals surface area contributed by atoms with Crippen LogP contribution in [-0.2, 0) is 0 Å². The van der Waals surface area contributed by atoms with E-state index in [1.807, 2.05) is 0 Å². The van der Waals surface area contributed by atoms with Gasteiger partial charge in [-0.15, -0.1) is 0 Å². The Bertz CT molecular complexity index is 384. The topological polar surface area (TPSA) is 39.1 Å². The fourth-order valence-electron chi connectivity index (χ4n) is 3.95. The predicted octanol–water partition coefficient (Wildman–Crippen LogP) is 2.78. The van der Waals surface area contributed by atoms with Crippen molar-refractivity contribution in [3.63, 3.8) is 0 Å². The lowest BCUT2D eigenvalue weighted by atomic mass is 9.85. The summed E-state index contributed by atoms with van der Waals surface area (Å²) in [6.07, 6.45) is 8.67. The van der Waals surface area contributed by atoms with Gasteiger partial charge in [-0.2, -0.15) is 5.26 Å². The van der Waals surface area contributed by atoms with Crippen LogP contribution in [0.1, 0.15) is 51.9 Å². The van der Waals surface area contributed by atoms with E-state index in [1.54, 1.807) is 0 Å². The molecule has 0 radical (unpaired) electrons. The lowest BCUT2D eigenvalue weighted by Gasteiger charge is -2.31. The van der Waals surface area contributed by atoms with E-state index in [1.165, 1.54) is 45.1 Å². The summed E-state index contributed by atoms with van der Waals surface area (Å²) >= 11 is 0. The Labute approximate surface area is 123 Å². The van der Waals surface area contributed by atoms with Gasteiger partial charge in [-0.1, -0.05) is 13.3 Å². The smallest absolute Gasteiger partial charge is 0.109 e. The number of hydrogen-bond donors (Lipinski definition) is 1. The maximum atomic E-state index is 9.69. The zero-order valence-corrected chi connectivity index (χ0v) is 13.1. The summed E-state index contributed by atoms with van der Waals surface area (Å²) in [4.78, 5) is 2.49. The Morgan fingerprint density at radius 1 is 1.35 bits per heavy atom. The Hall–Kier alpha value is -0.590. The van der Waals surface area contributed by atoms with Gasteiger partial charge in [0.1, 0.15) is 5.54 Å². The second-order valence-corrected chi connectivity index (χ2v) is 7.61. The first kappa shape index (κ1) is 14.4. The molecule has 0 aliphatic heterocycles. The Balaban J connectivity index is 1.48.